The number of nitrogens with two attached hydrogens (primary N) is 1. The van der Waals surface area contributed by atoms with Crippen LogP contribution in [-0.2, 0) is 21.1 Å². The van der Waals surface area contributed by atoms with Crippen molar-refractivity contribution in [2.75, 3.05) is 38.7 Å². The van der Waals surface area contributed by atoms with Gasteiger partial charge in [0.15, 0.2) is 11.5 Å². The lowest BCUT2D eigenvalue weighted by Crippen LogP contribution is -2.42. The third kappa shape index (κ3) is 5.34. The van der Waals surface area contributed by atoms with Gasteiger partial charge in [0, 0.05) is 39.9 Å². The number of carbonyl (C=O) groups excluding carboxylic acids is 2. The highest BCUT2D eigenvalue weighted by Crippen LogP contribution is 2.22. The third-order valence-electron chi connectivity index (χ3n) is 5.57. The van der Waals surface area contributed by atoms with Crippen LogP contribution in [0, 0.1) is 4.78 Å². The monoisotopic (exact) mass is 502 g/mol. The minimum absolute atomic E-state index is 0.0156. The first-order valence-electron chi connectivity index (χ1n) is 11.0. The molecule has 13 heteroatoms. The van der Waals surface area contributed by atoms with Gasteiger partial charge in [0.25, 0.3) is 0 Å². The highest BCUT2D eigenvalue weighted by Gasteiger charge is 2.27. The number of nitrogens with one attached hydrogen (secondary N) is 1. The number of aromatic nitrogens is 4. The lowest BCUT2D eigenvalue weighted by atomic mass is 10.2. The first-order chi connectivity index (χ1) is 16.5. The standard InChI is InChI=1S/C22H30N8O4S/c1-5-13-35(24,34)20-25-18(23)17-19(26-20)29(14-16-9-7-6-8-10-16)22(33)30(17)21(32)28(4)12-11-27(3)15(2)31/h6-10,24H,5,11-14H2,1-4H3,(H2,23,25,26). The topological polar surface area (TPSA) is 160 Å². The van der Waals surface area contributed by atoms with Crippen molar-refractivity contribution in [3.8, 4) is 0 Å². The van der Waals surface area contributed by atoms with Crippen LogP contribution in [0.2, 0.25) is 0 Å². The van der Waals surface area contributed by atoms with Crippen LogP contribution in [0.1, 0.15) is 25.8 Å². The fourth-order valence-electron chi connectivity index (χ4n) is 3.48. The van der Waals surface area contributed by atoms with Crippen LogP contribution in [0.15, 0.2) is 40.3 Å². The molecule has 188 valence electrons. The molecular weight excluding hydrogens is 472 g/mol. The van der Waals surface area contributed by atoms with Gasteiger partial charge in [-0.3, -0.25) is 9.36 Å². The van der Waals surface area contributed by atoms with Crippen molar-refractivity contribution in [2.45, 2.75) is 32.0 Å². The molecule has 1 unspecified atom stereocenters. The Morgan fingerprint density at radius 2 is 1.74 bits per heavy atom. The fourth-order valence-corrected chi connectivity index (χ4v) is 4.72. The summed E-state index contributed by atoms with van der Waals surface area (Å²) in [5.74, 6) is -0.335. The second kappa shape index (κ2) is 10.3. The number of fused-ring (bicyclic) bond motifs is 1. The molecule has 2 amide bonds. The van der Waals surface area contributed by atoms with Crippen LogP contribution in [-0.4, -0.2) is 78.0 Å². The molecule has 2 aromatic heterocycles. The van der Waals surface area contributed by atoms with Gasteiger partial charge in [0.2, 0.25) is 11.1 Å². The first kappa shape index (κ1) is 25.9. The van der Waals surface area contributed by atoms with Crippen molar-refractivity contribution in [3.63, 3.8) is 0 Å². The Morgan fingerprint density at radius 3 is 2.34 bits per heavy atom. The number of benzene rings is 1. The molecule has 0 aliphatic heterocycles. The van der Waals surface area contributed by atoms with Gasteiger partial charge in [0.1, 0.15) is 15.2 Å². The van der Waals surface area contributed by atoms with Crippen molar-refractivity contribution in [1.82, 2.24) is 28.9 Å². The molecule has 0 saturated carbocycles. The lowest BCUT2D eigenvalue weighted by Gasteiger charge is -2.21. The van der Waals surface area contributed by atoms with E-state index in [0.29, 0.717) is 6.42 Å². The van der Waals surface area contributed by atoms with E-state index in [2.05, 4.69) is 9.97 Å². The van der Waals surface area contributed by atoms with Crippen molar-refractivity contribution < 1.29 is 13.8 Å². The van der Waals surface area contributed by atoms with Crippen LogP contribution in [0.4, 0.5) is 10.6 Å². The Labute approximate surface area is 203 Å². The number of nitrogens with zero attached hydrogens (tertiary/aromatic N) is 6. The maximum Gasteiger partial charge on any atom is 0.339 e. The van der Waals surface area contributed by atoms with E-state index >= 15 is 0 Å². The molecule has 0 spiro atoms. The van der Waals surface area contributed by atoms with Gasteiger partial charge >= 0.3 is 11.7 Å². The number of likely N-dealkylation sites (N-methyl/N-ethyl adjacent to an activating group) is 2. The molecule has 2 heterocycles. The minimum Gasteiger partial charge on any atom is -0.382 e. The van der Waals surface area contributed by atoms with Gasteiger partial charge in [-0.2, -0.15) is 4.98 Å². The van der Waals surface area contributed by atoms with Gasteiger partial charge in [-0.05, 0) is 12.0 Å². The average molecular weight is 503 g/mol. The summed E-state index contributed by atoms with van der Waals surface area (Å²) < 4.78 is 23.2. The van der Waals surface area contributed by atoms with E-state index in [9.17, 15) is 18.6 Å². The highest BCUT2D eigenvalue weighted by atomic mass is 32.2. The van der Waals surface area contributed by atoms with Crippen LogP contribution >= 0.6 is 0 Å². The molecule has 3 rings (SSSR count). The van der Waals surface area contributed by atoms with E-state index in [1.807, 2.05) is 30.3 Å². The molecule has 1 atom stereocenters. The summed E-state index contributed by atoms with van der Waals surface area (Å²) in [5, 5.41) is -0.271. The number of anilines is 1. The smallest absolute Gasteiger partial charge is 0.339 e. The quantitative estimate of drug-likeness (QED) is 0.440. The number of hydrogen-bond acceptors (Lipinski definition) is 8. The van der Waals surface area contributed by atoms with Crippen LogP contribution in [0.3, 0.4) is 0 Å². The van der Waals surface area contributed by atoms with Crippen molar-refractivity contribution in [2.24, 2.45) is 0 Å². The van der Waals surface area contributed by atoms with E-state index in [1.165, 1.54) is 28.3 Å². The minimum atomic E-state index is -3.34. The van der Waals surface area contributed by atoms with Crippen molar-refractivity contribution in [3.05, 3.63) is 46.4 Å². The Morgan fingerprint density at radius 1 is 1.11 bits per heavy atom. The zero-order chi connectivity index (χ0) is 25.9. The molecule has 0 aliphatic rings. The molecule has 0 bridgehead atoms. The van der Waals surface area contributed by atoms with E-state index in [1.54, 1.807) is 14.0 Å². The number of nitrogen functional groups attached to an aromatic ring is 1. The highest BCUT2D eigenvalue weighted by molar-refractivity contribution is 7.92. The maximum atomic E-state index is 13.5. The average Bonchev–Trinajstić information content (AvgIpc) is 3.09. The number of imidazole rings is 1. The Hall–Kier alpha value is -3.74. The largest absolute Gasteiger partial charge is 0.382 e. The Balaban J connectivity index is 2.18. The van der Waals surface area contributed by atoms with Gasteiger partial charge in [-0.15, -0.1) is 0 Å². The van der Waals surface area contributed by atoms with Gasteiger partial charge in [-0.1, -0.05) is 37.3 Å². The summed E-state index contributed by atoms with van der Waals surface area (Å²) in [4.78, 5) is 49.4. The van der Waals surface area contributed by atoms with Crippen molar-refractivity contribution in [1.29, 1.82) is 4.78 Å². The zero-order valence-corrected chi connectivity index (χ0v) is 21.0. The summed E-state index contributed by atoms with van der Waals surface area (Å²) in [7, 11) is -0.222. The Kier molecular flexibility index (Phi) is 7.58. The molecule has 0 aliphatic carbocycles. The predicted molar refractivity (Wildman–Crippen MR) is 133 cm³/mol. The molecule has 0 fully saturated rings. The second-order valence-corrected chi connectivity index (χ2v) is 10.4. The van der Waals surface area contributed by atoms with Crippen LogP contribution < -0.4 is 11.4 Å². The summed E-state index contributed by atoms with van der Waals surface area (Å²) in [5.41, 5.74) is 6.27. The molecule has 12 nitrogen and oxygen atoms in total. The molecule has 35 heavy (non-hydrogen) atoms. The molecule has 3 N–H and O–H groups in total. The normalized spacial score (nSPS) is 12.9. The van der Waals surface area contributed by atoms with Crippen LogP contribution in [0.25, 0.3) is 11.2 Å². The fraction of sp³-hybridized carbons (Fsp3) is 0.409. The second-order valence-electron chi connectivity index (χ2n) is 8.28. The summed E-state index contributed by atoms with van der Waals surface area (Å²) >= 11 is 0. The van der Waals surface area contributed by atoms with Gasteiger partial charge in [-0.25, -0.2) is 28.1 Å². The van der Waals surface area contributed by atoms with E-state index < -0.39 is 21.4 Å². The number of carbonyl (C=O) groups is 2. The van der Waals surface area contributed by atoms with E-state index in [0.717, 1.165) is 10.1 Å². The SMILES string of the molecule is CCCS(=N)(=O)c1nc(N)c2c(n1)n(Cc1ccccc1)c(=O)n2C(=O)N(C)CCN(C)C(C)=O. The molecule has 0 radical (unpaired) electrons. The zero-order valence-electron chi connectivity index (χ0n) is 20.2. The predicted octanol–water partition coefficient (Wildman–Crippen LogP) is 1.42. The summed E-state index contributed by atoms with van der Waals surface area (Å²) in [6.45, 7) is 3.72. The Bertz CT molecular complexity index is 1410. The van der Waals surface area contributed by atoms with Crippen molar-refractivity contribution >= 4 is 38.6 Å². The lowest BCUT2D eigenvalue weighted by molar-refractivity contribution is -0.127. The third-order valence-corrected chi connectivity index (χ3v) is 7.33. The van der Waals surface area contributed by atoms with Gasteiger partial charge < -0.3 is 15.5 Å². The number of amides is 2. The first-order valence-corrected chi connectivity index (χ1v) is 12.8. The molecular formula is C22H30N8O4S. The van der Waals surface area contributed by atoms with Crippen LogP contribution in [0.5, 0.6) is 0 Å². The van der Waals surface area contributed by atoms with E-state index in [-0.39, 0.29) is 53.4 Å². The number of rotatable bonds is 8. The molecule has 1 aromatic carbocycles. The molecule has 3 aromatic rings. The maximum absolute atomic E-state index is 13.5. The summed E-state index contributed by atoms with van der Waals surface area (Å²) in [6.07, 6.45) is 0.472. The van der Waals surface area contributed by atoms with E-state index in [4.69, 9.17) is 10.5 Å². The number of hydrogen-bond donors (Lipinski definition) is 2. The molecule has 0 saturated heterocycles. The summed E-state index contributed by atoms with van der Waals surface area (Å²) in [6, 6.07) is 8.43. The van der Waals surface area contributed by atoms with Gasteiger partial charge in [0.05, 0.1) is 6.54 Å².